The van der Waals surface area contributed by atoms with Gasteiger partial charge in [-0.1, -0.05) is 18.5 Å². The van der Waals surface area contributed by atoms with E-state index in [0.717, 1.165) is 23.9 Å². The maximum Gasteiger partial charge on any atom is 0.189 e. The van der Waals surface area contributed by atoms with Crippen molar-refractivity contribution in [3.63, 3.8) is 0 Å². The van der Waals surface area contributed by atoms with Crippen molar-refractivity contribution in [2.45, 2.75) is 39.2 Å². The third-order valence-corrected chi connectivity index (χ3v) is 5.04. The van der Waals surface area contributed by atoms with Gasteiger partial charge in [0.15, 0.2) is 5.78 Å². The molecule has 2 heterocycles. The van der Waals surface area contributed by atoms with Gasteiger partial charge in [-0.05, 0) is 57.3 Å². The Bertz CT molecular complexity index is 418. The molecule has 0 spiro atoms. The third-order valence-electron chi connectivity index (χ3n) is 3.79. The first-order valence-corrected chi connectivity index (χ1v) is 7.81. The molecule has 1 aromatic heterocycles. The van der Waals surface area contributed by atoms with Crippen molar-refractivity contribution in [3.8, 4) is 0 Å². The van der Waals surface area contributed by atoms with Gasteiger partial charge in [0, 0.05) is 0 Å². The van der Waals surface area contributed by atoms with Crippen LogP contribution in [0.15, 0.2) is 12.1 Å². The van der Waals surface area contributed by atoms with Crippen LogP contribution in [0.2, 0.25) is 4.34 Å². The topological polar surface area (TPSA) is 20.3 Å². The normalized spacial score (nSPS) is 23.6. The van der Waals surface area contributed by atoms with E-state index in [0.29, 0.717) is 4.34 Å². The van der Waals surface area contributed by atoms with Crippen LogP contribution in [-0.4, -0.2) is 29.8 Å². The highest BCUT2D eigenvalue weighted by Crippen LogP contribution is 2.25. The van der Waals surface area contributed by atoms with Crippen LogP contribution < -0.4 is 0 Å². The second kappa shape index (κ2) is 6.18. The number of thiophene rings is 1. The lowest BCUT2D eigenvalue weighted by atomic mass is 10.0. The molecule has 0 saturated carbocycles. The first-order chi connectivity index (χ1) is 8.58. The maximum atomic E-state index is 12.4. The molecule has 2 atom stereocenters. The minimum Gasteiger partial charge on any atom is -0.293 e. The summed E-state index contributed by atoms with van der Waals surface area (Å²) in [5, 5.41) is 0. The van der Waals surface area contributed by atoms with Crippen LogP contribution in [0.25, 0.3) is 0 Å². The molecule has 18 heavy (non-hydrogen) atoms. The summed E-state index contributed by atoms with van der Waals surface area (Å²) in [4.78, 5) is 15.5. The molecule has 0 aliphatic carbocycles. The maximum absolute atomic E-state index is 12.4. The highest BCUT2D eigenvalue weighted by Gasteiger charge is 2.25. The first kappa shape index (κ1) is 14.0. The lowest BCUT2D eigenvalue weighted by Crippen LogP contribution is -2.39. The highest BCUT2D eigenvalue weighted by atomic mass is 35.5. The minimum atomic E-state index is -0.0231. The molecule has 1 fully saturated rings. The second-order valence-electron chi connectivity index (χ2n) is 5.22. The Morgan fingerprint density at radius 1 is 1.44 bits per heavy atom. The number of carbonyl (C=O) groups is 1. The van der Waals surface area contributed by atoms with Gasteiger partial charge in [0.05, 0.1) is 15.3 Å². The van der Waals surface area contributed by atoms with Crippen LogP contribution in [-0.2, 0) is 0 Å². The number of hydrogen-bond acceptors (Lipinski definition) is 3. The number of hydrogen-bond donors (Lipinski definition) is 0. The fraction of sp³-hybridized carbons (Fsp3) is 0.643. The number of likely N-dealkylation sites (tertiary alicyclic amines) is 1. The number of carbonyl (C=O) groups excluding carboxylic acids is 1. The number of rotatable bonds is 3. The molecule has 2 nitrogen and oxygen atoms in total. The number of Topliss-reactive ketones (excluding diaryl/α,β-unsaturated/α-hetero) is 1. The van der Waals surface area contributed by atoms with Crippen molar-refractivity contribution >= 4 is 28.7 Å². The summed E-state index contributed by atoms with van der Waals surface area (Å²) >= 11 is 7.28. The molecular weight excluding hydrogens is 266 g/mol. The van der Waals surface area contributed by atoms with Crippen LogP contribution in [0.3, 0.4) is 0 Å². The Kier molecular flexibility index (Phi) is 4.82. The van der Waals surface area contributed by atoms with Crippen molar-refractivity contribution in [1.29, 1.82) is 0 Å². The number of halogens is 1. The van der Waals surface area contributed by atoms with Gasteiger partial charge < -0.3 is 0 Å². The Balaban J connectivity index is 2.01. The van der Waals surface area contributed by atoms with Crippen molar-refractivity contribution < 1.29 is 4.79 Å². The van der Waals surface area contributed by atoms with E-state index in [2.05, 4.69) is 11.8 Å². The van der Waals surface area contributed by atoms with E-state index in [1.165, 1.54) is 30.6 Å². The van der Waals surface area contributed by atoms with Gasteiger partial charge in [-0.25, -0.2) is 0 Å². The summed E-state index contributed by atoms with van der Waals surface area (Å²) in [6.45, 7) is 6.39. The van der Waals surface area contributed by atoms with Crippen molar-refractivity contribution in [2.75, 3.05) is 13.1 Å². The molecule has 0 aromatic carbocycles. The SMILES string of the molecule is CC1CCCN(C(C)C(=O)c2ccc(Cl)s2)CC1. The molecule has 4 heteroatoms. The number of ketones is 1. The zero-order valence-electron chi connectivity index (χ0n) is 11.0. The largest absolute Gasteiger partial charge is 0.293 e. The smallest absolute Gasteiger partial charge is 0.189 e. The molecule has 100 valence electrons. The Morgan fingerprint density at radius 2 is 2.22 bits per heavy atom. The molecule has 0 bridgehead atoms. The molecule has 0 amide bonds. The van der Waals surface area contributed by atoms with Crippen LogP contribution >= 0.6 is 22.9 Å². The molecule has 1 aliphatic rings. The van der Waals surface area contributed by atoms with Gasteiger partial charge in [0.25, 0.3) is 0 Å². The Labute approximate surface area is 118 Å². The summed E-state index contributed by atoms with van der Waals surface area (Å²) in [5.41, 5.74) is 0. The highest BCUT2D eigenvalue weighted by molar-refractivity contribution is 7.18. The lowest BCUT2D eigenvalue weighted by Gasteiger charge is -2.26. The van der Waals surface area contributed by atoms with Gasteiger partial charge in [0.1, 0.15) is 0 Å². The summed E-state index contributed by atoms with van der Waals surface area (Å²) < 4.78 is 0.690. The zero-order chi connectivity index (χ0) is 13.1. The third kappa shape index (κ3) is 3.34. The fourth-order valence-electron chi connectivity index (χ4n) is 2.49. The van der Waals surface area contributed by atoms with E-state index in [9.17, 15) is 4.79 Å². The summed E-state index contributed by atoms with van der Waals surface area (Å²) in [6.07, 6.45) is 3.68. The summed E-state index contributed by atoms with van der Waals surface area (Å²) in [6, 6.07) is 3.62. The van der Waals surface area contributed by atoms with Crippen LogP contribution in [0.5, 0.6) is 0 Å². The molecule has 2 unspecified atom stereocenters. The van der Waals surface area contributed by atoms with Crippen LogP contribution in [0.4, 0.5) is 0 Å². The minimum absolute atomic E-state index is 0.0231. The van der Waals surface area contributed by atoms with Crippen molar-refractivity contribution in [3.05, 3.63) is 21.3 Å². The van der Waals surface area contributed by atoms with Crippen molar-refractivity contribution in [2.24, 2.45) is 5.92 Å². The molecular formula is C14H20ClNOS. The number of nitrogens with zero attached hydrogens (tertiary/aromatic N) is 1. The summed E-state index contributed by atoms with van der Waals surface area (Å²) in [5.74, 6) is 0.995. The summed E-state index contributed by atoms with van der Waals surface area (Å²) in [7, 11) is 0. The first-order valence-electron chi connectivity index (χ1n) is 6.61. The van der Waals surface area contributed by atoms with Gasteiger partial charge in [-0.3, -0.25) is 9.69 Å². The quantitative estimate of drug-likeness (QED) is 0.780. The molecule has 2 rings (SSSR count). The van der Waals surface area contributed by atoms with E-state index in [-0.39, 0.29) is 11.8 Å². The molecule has 1 aliphatic heterocycles. The molecule has 0 N–H and O–H groups in total. The average Bonchev–Trinajstić information content (AvgIpc) is 2.66. The molecule has 1 saturated heterocycles. The average molecular weight is 286 g/mol. The van der Waals surface area contributed by atoms with E-state index in [4.69, 9.17) is 11.6 Å². The Morgan fingerprint density at radius 3 is 2.89 bits per heavy atom. The predicted octanol–water partition coefficient (Wildman–Crippen LogP) is 4.09. The van der Waals surface area contributed by atoms with Crippen LogP contribution in [0.1, 0.15) is 42.8 Å². The predicted molar refractivity (Wildman–Crippen MR) is 77.7 cm³/mol. The lowest BCUT2D eigenvalue weighted by molar-refractivity contribution is 0.0846. The van der Waals surface area contributed by atoms with E-state index in [1.807, 2.05) is 13.0 Å². The van der Waals surface area contributed by atoms with Crippen LogP contribution in [0, 0.1) is 5.92 Å². The Hall–Kier alpha value is -0.380. The second-order valence-corrected chi connectivity index (χ2v) is 6.93. The van der Waals surface area contributed by atoms with E-state index in [1.54, 1.807) is 6.07 Å². The standard InChI is InChI=1S/C14H20ClNOS/c1-10-4-3-8-16(9-7-10)11(2)14(17)12-5-6-13(15)18-12/h5-6,10-11H,3-4,7-9H2,1-2H3. The van der Waals surface area contributed by atoms with E-state index >= 15 is 0 Å². The molecule has 1 aromatic rings. The fourth-order valence-corrected chi connectivity index (χ4v) is 3.56. The van der Waals surface area contributed by atoms with Gasteiger partial charge in [-0.15, -0.1) is 11.3 Å². The van der Waals surface area contributed by atoms with E-state index < -0.39 is 0 Å². The monoisotopic (exact) mass is 285 g/mol. The van der Waals surface area contributed by atoms with Gasteiger partial charge >= 0.3 is 0 Å². The zero-order valence-corrected chi connectivity index (χ0v) is 12.6. The molecule has 0 radical (unpaired) electrons. The van der Waals surface area contributed by atoms with Gasteiger partial charge in [0.2, 0.25) is 0 Å². The van der Waals surface area contributed by atoms with Crippen molar-refractivity contribution in [1.82, 2.24) is 4.90 Å². The van der Waals surface area contributed by atoms with Gasteiger partial charge in [-0.2, -0.15) is 0 Å².